The Morgan fingerprint density at radius 3 is 2.33 bits per heavy atom. The maximum absolute atomic E-state index is 13.6. The zero-order chi connectivity index (χ0) is 23.2. The number of rotatable bonds is 3. The Labute approximate surface area is 203 Å². The summed E-state index contributed by atoms with van der Waals surface area (Å²) in [6.45, 7) is 6.48. The zero-order valence-electron chi connectivity index (χ0n) is 18.6. The fourth-order valence-electron chi connectivity index (χ4n) is 4.39. The smallest absolute Gasteiger partial charge is 0.272 e. The average molecular weight is 486 g/mol. The SMILES string of the molecule is Cc1ccc(-c2cc(C(=O)N3CCC4(CC3)OCCO4)n(-c3ccc(Cl)c(Cl)c3)n2)cc1C. The number of hydrogen-bond donors (Lipinski definition) is 0. The number of benzene rings is 2. The van der Waals surface area contributed by atoms with Crippen LogP contribution < -0.4 is 0 Å². The quantitative estimate of drug-likeness (QED) is 0.495. The van der Waals surface area contributed by atoms with Crippen LogP contribution in [-0.4, -0.2) is 52.7 Å². The molecule has 0 unspecified atom stereocenters. The third-order valence-electron chi connectivity index (χ3n) is 6.50. The maximum atomic E-state index is 13.6. The van der Waals surface area contributed by atoms with Crippen LogP contribution in [0.1, 0.15) is 34.5 Å². The topological polar surface area (TPSA) is 56.6 Å². The van der Waals surface area contributed by atoms with Crippen LogP contribution in [0.5, 0.6) is 0 Å². The second-order valence-electron chi connectivity index (χ2n) is 8.62. The van der Waals surface area contributed by atoms with Gasteiger partial charge in [0.15, 0.2) is 5.79 Å². The summed E-state index contributed by atoms with van der Waals surface area (Å²) >= 11 is 12.4. The molecule has 33 heavy (non-hydrogen) atoms. The first-order chi connectivity index (χ1) is 15.8. The van der Waals surface area contributed by atoms with Gasteiger partial charge in [0.25, 0.3) is 5.91 Å². The third-order valence-corrected chi connectivity index (χ3v) is 7.24. The lowest BCUT2D eigenvalue weighted by atomic mass is 10.0. The molecule has 3 heterocycles. The summed E-state index contributed by atoms with van der Waals surface area (Å²) in [6, 6.07) is 13.3. The van der Waals surface area contributed by atoms with Crippen LogP contribution in [0, 0.1) is 13.8 Å². The first-order valence-corrected chi connectivity index (χ1v) is 11.8. The van der Waals surface area contributed by atoms with Gasteiger partial charge < -0.3 is 14.4 Å². The standard InChI is InChI=1S/C25H25Cl2N3O3/c1-16-3-4-18(13-17(16)2)22-15-23(30(28-22)19-5-6-20(26)21(27)14-19)24(31)29-9-7-25(8-10-29)32-11-12-33-25/h3-6,13-15H,7-12H2,1-2H3. The van der Waals surface area contributed by atoms with Crippen LogP contribution in [0.3, 0.4) is 0 Å². The predicted molar refractivity (Wildman–Crippen MR) is 128 cm³/mol. The van der Waals surface area contributed by atoms with E-state index in [0.717, 1.165) is 11.3 Å². The fraction of sp³-hybridized carbons (Fsp3) is 0.360. The molecule has 0 radical (unpaired) electrons. The van der Waals surface area contributed by atoms with Crippen molar-refractivity contribution >= 4 is 29.1 Å². The largest absolute Gasteiger partial charge is 0.347 e. The van der Waals surface area contributed by atoms with Crippen molar-refractivity contribution in [2.45, 2.75) is 32.5 Å². The van der Waals surface area contributed by atoms with Crippen molar-refractivity contribution in [3.8, 4) is 16.9 Å². The molecule has 2 fully saturated rings. The van der Waals surface area contributed by atoms with Crippen LogP contribution in [0.4, 0.5) is 0 Å². The van der Waals surface area contributed by atoms with Crippen molar-refractivity contribution in [1.82, 2.24) is 14.7 Å². The van der Waals surface area contributed by atoms with Gasteiger partial charge in [-0.05, 0) is 55.3 Å². The van der Waals surface area contributed by atoms with E-state index in [2.05, 4.69) is 26.0 Å². The molecule has 0 aliphatic carbocycles. The van der Waals surface area contributed by atoms with Crippen molar-refractivity contribution < 1.29 is 14.3 Å². The van der Waals surface area contributed by atoms with E-state index in [9.17, 15) is 4.79 Å². The predicted octanol–water partition coefficient (Wildman–Crippen LogP) is 5.44. The molecule has 0 saturated carbocycles. The Bertz CT molecular complexity index is 1210. The van der Waals surface area contributed by atoms with E-state index in [-0.39, 0.29) is 5.91 Å². The van der Waals surface area contributed by atoms with Gasteiger partial charge in [-0.3, -0.25) is 4.79 Å². The highest BCUT2D eigenvalue weighted by molar-refractivity contribution is 6.42. The third kappa shape index (κ3) is 4.28. The summed E-state index contributed by atoms with van der Waals surface area (Å²) in [5.74, 6) is -0.623. The molecule has 172 valence electrons. The molecular formula is C25H25Cl2N3O3. The van der Waals surface area contributed by atoms with Gasteiger partial charge in [0.05, 0.1) is 34.6 Å². The average Bonchev–Trinajstić information content (AvgIpc) is 3.45. The van der Waals surface area contributed by atoms with Crippen molar-refractivity contribution in [2.75, 3.05) is 26.3 Å². The summed E-state index contributed by atoms with van der Waals surface area (Å²) in [6.07, 6.45) is 1.31. The summed E-state index contributed by atoms with van der Waals surface area (Å²) in [4.78, 5) is 15.5. The molecule has 1 aromatic heterocycles. The molecule has 0 atom stereocenters. The van der Waals surface area contributed by atoms with E-state index in [0.29, 0.717) is 60.6 Å². The Balaban J connectivity index is 1.51. The fourth-order valence-corrected chi connectivity index (χ4v) is 4.68. The number of aryl methyl sites for hydroxylation is 2. The molecule has 5 rings (SSSR count). The maximum Gasteiger partial charge on any atom is 0.272 e. The number of hydrogen-bond acceptors (Lipinski definition) is 4. The second-order valence-corrected chi connectivity index (χ2v) is 9.44. The summed E-state index contributed by atoms with van der Waals surface area (Å²) in [7, 11) is 0. The number of carbonyl (C=O) groups is 1. The first-order valence-electron chi connectivity index (χ1n) is 11.1. The lowest BCUT2D eigenvalue weighted by Crippen LogP contribution is -2.47. The Morgan fingerprint density at radius 2 is 1.67 bits per heavy atom. The number of nitrogens with zero attached hydrogens (tertiary/aromatic N) is 3. The van der Waals surface area contributed by atoms with E-state index in [1.54, 1.807) is 16.8 Å². The van der Waals surface area contributed by atoms with E-state index < -0.39 is 5.79 Å². The molecule has 2 aliphatic rings. The lowest BCUT2D eigenvalue weighted by Gasteiger charge is -2.37. The van der Waals surface area contributed by atoms with Crippen molar-refractivity contribution in [1.29, 1.82) is 0 Å². The van der Waals surface area contributed by atoms with Crippen LogP contribution in [0.2, 0.25) is 10.0 Å². The van der Waals surface area contributed by atoms with Gasteiger partial charge in [-0.2, -0.15) is 5.10 Å². The zero-order valence-corrected chi connectivity index (χ0v) is 20.1. The monoisotopic (exact) mass is 485 g/mol. The van der Waals surface area contributed by atoms with Crippen molar-refractivity contribution in [3.05, 3.63) is 69.3 Å². The first kappa shape index (κ1) is 22.4. The van der Waals surface area contributed by atoms with Crippen molar-refractivity contribution in [3.63, 3.8) is 0 Å². The molecule has 2 saturated heterocycles. The van der Waals surface area contributed by atoms with E-state index >= 15 is 0 Å². The minimum Gasteiger partial charge on any atom is -0.347 e. The number of ether oxygens (including phenoxy) is 2. The Morgan fingerprint density at radius 1 is 0.939 bits per heavy atom. The van der Waals surface area contributed by atoms with E-state index in [4.69, 9.17) is 37.8 Å². The van der Waals surface area contributed by atoms with Gasteiger partial charge in [-0.1, -0.05) is 35.3 Å². The Hall–Kier alpha value is -2.38. The number of halogens is 2. The van der Waals surface area contributed by atoms with Crippen LogP contribution in [0.15, 0.2) is 42.5 Å². The minimum atomic E-state index is -0.536. The van der Waals surface area contributed by atoms with Gasteiger partial charge in [0.1, 0.15) is 5.69 Å². The molecule has 2 aliphatic heterocycles. The van der Waals surface area contributed by atoms with Gasteiger partial charge in [-0.25, -0.2) is 4.68 Å². The number of aromatic nitrogens is 2. The van der Waals surface area contributed by atoms with Crippen LogP contribution in [0.25, 0.3) is 16.9 Å². The minimum absolute atomic E-state index is 0.0866. The van der Waals surface area contributed by atoms with Crippen molar-refractivity contribution in [2.24, 2.45) is 0 Å². The molecule has 1 spiro atoms. The van der Waals surface area contributed by atoms with Gasteiger partial charge in [0, 0.05) is 31.5 Å². The number of carbonyl (C=O) groups excluding carboxylic acids is 1. The molecule has 0 N–H and O–H groups in total. The van der Waals surface area contributed by atoms with E-state index in [1.807, 2.05) is 23.1 Å². The molecule has 2 aromatic carbocycles. The van der Waals surface area contributed by atoms with Crippen LogP contribution in [-0.2, 0) is 9.47 Å². The second kappa shape index (κ2) is 8.76. The highest BCUT2D eigenvalue weighted by atomic mass is 35.5. The van der Waals surface area contributed by atoms with Crippen LogP contribution >= 0.6 is 23.2 Å². The highest BCUT2D eigenvalue weighted by Gasteiger charge is 2.41. The molecule has 8 heteroatoms. The molecule has 3 aromatic rings. The summed E-state index contributed by atoms with van der Waals surface area (Å²) in [5.41, 5.74) is 5.21. The molecule has 6 nitrogen and oxygen atoms in total. The van der Waals surface area contributed by atoms with Gasteiger partial charge in [-0.15, -0.1) is 0 Å². The van der Waals surface area contributed by atoms with Gasteiger partial charge in [0.2, 0.25) is 0 Å². The lowest BCUT2D eigenvalue weighted by molar-refractivity contribution is -0.181. The normalized spacial score (nSPS) is 17.6. The number of amides is 1. The van der Waals surface area contributed by atoms with Gasteiger partial charge >= 0.3 is 0 Å². The highest BCUT2D eigenvalue weighted by Crippen LogP contribution is 2.33. The van der Waals surface area contributed by atoms with E-state index in [1.165, 1.54) is 11.1 Å². The summed E-state index contributed by atoms with van der Waals surface area (Å²) in [5, 5.41) is 5.66. The molecular weight excluding hydrogens is 461 g/mol. The molecule has 0 bridgehead atoms. The molecule has 1 amide bonds. The number of piperidine rings is 1. The Kier molecular flexibility index (Phi) is 5.95. The number of likely N-dealkylation sites (tertiary alicyclic amines) is 1. The summed E-state index contributed by atoms with van der Waals surface area (Å²) < 4.78 is 13.3.